The predicted octanol–water partition coefficient (Wildman–Crippen LogP) is 2.82. The Balaban J connectivity index is 2.03. The van der Waals surface area contributed by atoms with Crippen molar-refractivity contribution in [3.8, 4) is 0 Å². The van der Waals surface area contributed by atoms with Gasteiger partial charge < -0.3 is 15.1 Å². The minimum absolute atomic E-state index is 0.00982. The lowest BCUT2D eigenvalue weighted by Gasteiger charge is -2.16. The summed E-state index contributed by atoms with van der Waals surface area (Å²) in [6, 6.07) is 8.96. The lowest BCUT2D eigenvalue weighted by atomic mass is 10.2. The van der Waals surface area contributed by atoms with E-state index in [0.717, 1.165) is 17.6 Å². The second-order valence-electron chi connectivity index (χ2n) is 5.82. The highest BCUT2D eigenvalue weighted by molar-refractivity contribution is 7.91. The Morgan fingerprint density at radius 1 is 1.27 bits per heavy atom. The zero-order valence-electron chi connectivity index (χ0n) is 15.1. The molecule has 0 spiro atoms. The van der Waals surface area contributed by atoms with Gasteiger partial charge in [0.25, 0.3) is 0 Å². The minimum Gasteiger partial charge on any atom is -0.464 e. The van der Waals surface area contributed by atoms with Crippen LogP contribution in [0.1, 0.15) is 31.4 Å². The lowest BCUT2D eigenvalue weighted by Crippen LogP contribution is -2.39. The van der Waals surface area contributed by atoms with Crippen LogP contribution >= 0.6 is 0 Å². The summed E-state index contributed by atoms with van der Waals surface area (Å²) in [6.07, 6.45) is 0. The maximum Gasteiger partial charge on any atom is 0.191 e. The molecule has 1 aromatic heterocycles. The largest absolute Gasteiger partial charge is 0.464 e. The van der Waals surface area contributed by atoms with E-state index in [-0.39, 0.29) is 23.2 Å². The Labute approximate surface area is 153 Å². The summed E-state index contributed by atoms with van der Waals surface area (Å²) in [5, 5.41) is 6.22. The normalized spacial score (nSPS) is 13.5. The summed E-state index contributed by atoms with van der Waals surface area (Å²) in [4.78, 5) is 3.98. The molecule has 1 heterocycles. The van der Waals surface area contributed by atoms with Gasteiger partial charge in [-0.3, -0.25) is 4.99 Å². The fraction of sp³-hybridized carbons (Fsp3) is 0.389. The molecule has 0 aliphatic carbocycles. The summed E-state index contributed by atoms with van der Waals surface area (Å²) in [7, 11) is -3.74. The van der Waals surface area contributed by atoms with Gasteiger partial charge in [0.05, 0.1) is 18.3 Å². The van der Waals surface area contributed by atoms with Gasteiger partial charge >= 0.3 is 0 Å². The van der Waals surface area contributed by atoms with Gasteiger partial charge in [0.15, 0.2) is 15.8 Å². The Morgan fingerprint density at radius 3 is 2.62 bits per heavy atom. The molecule has 0 saturated carbocycles. The van der Waals surface area contributed by atoms with E-state index in [0.29, 0.717) is 12.5 Å². The van der Waals surface area contributed by atoms with Gasteiger partial charge in [0, 0.05) is 6.54 Å². The van der Waals surface area contributed by atoms with Crippen molar-refractivity contribution in [1.82, 2.24) is 10.6 Å². The number of nitrogens with zero attached hydrogens (tertiary/aromatic N) is 1. The molecule has 6 nitrogen and oxygen atoms in total. The second-order valence-corrected chi connectivity index (χ2v) is 7.90. The molecule has 26 heavy (non-hydrogen) atoms. The van der Waals surface area contributed by atoms with Gasteiger partial charge in [-0.25, -0.2) is 12.8 Å². The molecule has 8 heteroatoms. The van der Waals surface area contributed by atoms with Gasteiger partial charge in [-0.15, -0.1) is 0 Å². The third-order valence-electron chi connectivity index (χ3n) is 3.69. The molecule has 0 fully saturated rings. The van der Waals surface area contributed by atoms with Crippen molar-refractivity contribution in [2.24, 2.45) is 4.99 Å². The van der Waals surface area contributed by atoms with Crippen molar-refractivity contribution in [1.29, 1.82) is 0 Å². The summed E-state index contributed by atoms with van der Waals surface area (Å²) in [5.41, 5.74) is 0. The molecule has 0 saturated heterocycles. The van der Waals surface area contributed by atoms with Crippen LogP contribution in [0.4, 0.5) is 4.39 Å². The van der Waals surface area contributed by atoms with Crippen molar-refractivity contribution in [3.05, 3.63) is 53.7 Å². The van der Waals surface area contributed by atoms with Gasteiger partial charge in [0.2, 0.25) is 0 Å². The van der Waals surface area contributed by atoms with E-state index >= 15 is 0 Å². The third-order valence-corrected chi connectivity index (χ3v) is 5.41. The van der Waals surface area contributed by atoms with E-state index in [2.05, 4.69) is 15.6 Å². The molecule has 0 aliphatic rings. The molecule has 1 aromatic carbocycles. The summed E-state index contributed by atoms with van der Waals surface area (Å²) < 4.78 is 43.8. The van der Waals surface area contributed by atoms with E-state index in [9.17, 15) is 12.8 Å². The van der Waals surface area contributed by atoms with E-state index < -0.39 is 15.7 Å². The number of aryl methyl sites for hydroxylation is 1. The van der Waals surface area contributed by atoms with E-state index in [4.69, 9.17) is 4.42 Å². The van der Waals surface area contributed by atoms with Crippen LogP contribution in [0.15, 0.2) is 50.7 Å². The first-order valence-corrected chi connectivity index (χ1v) is 10.1. The van der Waals surface area contributed by atoms with Crippen LogP contribution in [-0.4, -0.2) is 33.2 Å². The Bertz CT molecular complexity index is 862. The third kappa shape index (κ3) is 5.32. The Hall–Kier alpha value is -2.35. The standard InChI is InChI=1S/C18H24FN3O3S/c1-4-20-18(22-14(3)16-10-9-13(2)25-16)21-11-12-26(23,24)17-8-6-5-7-15(17)19/h5-10,14H,4,11-12H2,1-3H3,(H2,20,21,22). The average molecular weight is 381 g/mol. The number of furan rings is 1. The summed E-state index contributed by atoms with van der Waals surface area (Å²) in [6.45, 7) is 6.32. The van der Waals surface area contributed by atoms with Crippen LogP contribution in [0.5, 0.6) is 0 Å². The number of sulfone groups is 1. The van der Waals surface area contributed by atoms with Crippen molar-refractivity contribution in [2.45, 2.75) is 31.7 Å². The molecule has 2 rings (SSSR count). The predicted molar refractivity (Wildman–Crippen MR) is 99.4 cm³/mol. The van der Waals surface area contributed by atoms with Gasteiger partial charge in [-0.2, -0.15) is 0 Å². The molecule has 0 aliphatic heterocycles. The van der Waals surface area contributed by atoms with Gasteiger partial charge in [-0.1, -0.05) is 12.1 Å². The van der Waals surface area contributed by atoms with E-state index in [1.807, 2.05) is 32.9 Å². The first-order chi connectivity index (χ1) is 12.3. The lowest BCUT2D eigenvalue weighted by molar-refractivity contribution is 0.441. The molecule has 1 unspecified atom stereocenters. The monoisotopic (exact) mass is 381 g/mol. The summed E-state index contributed by atoms with van der Waals surface area (Å²) >= 11 is 0. The van der Waals surface area contributed by atoms with Crippen molar-refractivity contribution in [2.75, 3.05) is 18.8 Å². The highest BCUT2D eigenvalue weighted by atomic mass is 32.2. The van der Waals surface area contributed by atoms with Crippen LogP contribution in [-0.2, 0) is 9.84 Å². The molecular formula is C18H24FN3O3S. The molecular weight excluding hydrogens is 357 g/mol. The van der Waals surface area contributed by atoms with Crippen LogP contribution in [0, 0.1) is 12.7 Å². The fourth-order valence-electron chi connectivity index (χ4n) is 2.37. The first kappa shape index (κ1) is 20.0. The Kier molecular flexibility index (Phi) is 6.79. The van der Waals surface area contributed by atoms with Crippen LogP contribution in [0.3, 0.4) is 0 Å². The number of aliphatic imine (C=N–C) groups is 1. The summed E-state index contributed by atoms with van der Waals surface area (Å²) in [5.74, 6) is 1.01. The van der Waals surface area contributed by atoms with Crippen molar-refractivity contribution < 1.29 is 17.2 Å². The highest BCUT2D eigenvalue weighted by Crippen LogP contribution is 2.16. The molecule has 2 aromatic rings. The van der Waals surface area contributed by atoms with Crippen molar-refractivity contribution >= 4 is 15.8 Å². The van der Waals surface area contributed by atoms with E-state index in [1.54, 1.807) is 0 Å². The maximum atomic E-state index is 13.7. The average Bonchev–Trinajstić information content (AvgIpc) is 3.01. The second kappa shape index (κ2) is 8.84. The number of hydrogen-bond acceptors (Lipinski definition) is 4. The van der Waals surface area contributed by atoms with Crippen molar-refractivity contribution in [3.63, 3.8) is 0 Å². The Morgan fingerprint density at radius 2 is 2.00 bits per heavy atom. The highest BCUT2D eigenvalue weighted by Gasteiger charge is 2.18. The van der Waals surface area contributed by atoms with E-state index in [1.165, 1.54) is 18.2 Å². The maximum absolute atomic E-state index is 13.7. The number of rotatable bonds is 7. The van der Waals surface area contributed by atoms with Crippen LogP contribution in [0.2, 0.25) is 0 Å². The smallest absolute Gasteiger partial charge is 0.191 e. The minimum atomic E-state index is -3.74. The van der Waals surface area contributed by atoms with Gasteiger partial charge in [0.1, 0.15) is 22.2 Å². The number of benzene rings is 1. The molecule has 142 valence electrons. The molecule has 0 radical (unpaired) electrons. The molecule has 0 amide bonds. The SMILES string of the molecule is CCNC(=NCCS(=O)(=O)c1ccccc1F)NC(C)c1ccc(C)o1. The molecule has 0 bridgehead atoms. The zero-order chi connectivity index (χ0) is 19.2. The molecule has 1 atom stereocenters. The van der Waals surface area contributed by atoms with Crippen LogP contribution in [0.25, 0.3) is 0 Å². The zero-order valence-corrected chi connectivity index (χ0v) is 15.9. The quantitative estimate of drug-likeness (QED) is 0.569. The number of nitrogens with one attached hydrogen (secondary N) is 2. The van der Waals surface area contributed by atoms with Gasteiger partial charge in [-0.05, 0) is 45.0 Å². The van der Waals surface area contributed by atoms with Crippen LogP contribution < -0.4 is 10.6 Å². The number of hydrogen-bond donors (Lipinski definition) is 2. The first-order valence-electron chi connectivity index (χ1n) is 8.42. The fourth-order valence-corrected chi connectivity index (χ4v) is 3.57. The topological polar surface area (TPSA) is 83.7 Å². The molecule has 2 N–H and O–H groups in total. The number of guanidine groups is 1. The number of halogens is 1.